The second-order valence-electron chi connectivity index (χ2n) is 4.69. The van der Waals surface area contributed by atoms with Gasteiger partial charge < -0.3 is 19.5 Å². The molecular weight excluding hydrogens is 278 g/mol. The third kappa shape index (κ3) is 5.57. The van der Waals surface area contributed by atoms with Crippen LogP contribution >= 0.6 is 11.6 Å². The third-order valence-electron chi connectivity index (χ3n) is 2.68. The van der Waals surface area contributed by atoms with Crippen LogP contribution in [0.3, 0.4) is 0 Å². The zero-order valence-electron chi connectivity index (χ0n) is 12.7. The highest BCUT2D eigenvalue weighted by Crippen LogP contribution is 2.36. The molecule has 1 aromatic rings. The van der Waals surface area contributed by atoms with Crippen molar-refractivity contribution in [3.05, 3.63) is 22.7 Å². The van der Waals surface area contributed by atoms with Gasteiger partial charge in [-0.25, -0.2) is 0 Å². The highest BCUT2D eigenvalue weighted by molar-refractivity contribution is 6.32. The molecule has 0 aliphatic rings. The van der Waals surface area contributed by atoms with Crippen LogP contribution in [0.2, 0.25) is 5.02 Å². The molecule has 4 nitrogen and oxygen atoms in total. The zero-order chi connectivity index (χ0) is 15.0. The first-order valence-electron chi connectivity index (χ1n) is 6.88. The lowest BCUT2D eigenvalue weighted by Gasteiger charge is -2.15. The number of benzene rings is 1. The van der Waals surface area contributed by atoms with E-state index in [0.717, 1.165) is 12.1 Å². The molecule has 0 spiro atoms. The van der Waals surface area contributed by atoms with Gasteiger partial charge in [-0.05, 0) is 24.6 Å². The fraction of sp³-hybridized carbons (Fsp3) is 0.600. The van der Waals surface area contributed by atoms with Gasteiger partial charge in [-0.3, -0.25) is 0 Å². The van der Waals surface area contributed by atoms with Gasteiger partial charge >= 0.3 is 0 Å². The Labute approximate surface area is 126 Å². The van der Waals surface area contributed by atoms with Gasteiger partial charge in [-0.1, -0.05) is 25.4 Å². The van der Waals surface area contributed by atoms with Gasteiger partial charge in [0.2, 0.25) is 0 Å². The van der Waals surface area contributed by atoms with E-state index in [1.165, 1.54) is 0 Å². The van der Waals surface area contributed by atoms with E-state index in [-0.39, 0.29) is 0 Å². The van der Waals surface area contributed by atoms with Crippen molar-refractivity contribution in [2.24, 2.45) is 0 Å². The van der Waals surface area contributed by atoms with E-state index >= 15 is 0 Å². The van der Waals surface area contributed by atoms with Crippen molar-refractivity contribution < 1.29 is 14.2 Å². The summed E-state index contributed by atoms with van der Waals surface area (Å²) in [7, 11) is 1.61. The van der Waals surface area contributed by atoms with Crippen molar-refractivity contribution in [1.82, 2.24) is 5.32 Å². The number of methoxy groups -OCH3 is 1. The highest BCUT2D eigenvalue weighted by atomic mass is 35.5. The first kappa shape index (κ1) is 17.1. The Kier molecular flexibility index (Phi) is 7.73. The largest absolute Gasteiger partial charge is 0.493 e. The first-order chi connectivity index (χ1) is 9.58. The van der Waals surface area contributed by atoms with Gasteiger partial charge in [-0.2, -0.15) is 0 Å². The molecule has 0 fully saturated rings. The molecule has 1 N–H and O–H groups in total. The summed E-state index contributed by atoms with van der Waals surface area (Å²) in [5.41, 5.74) is 1.07. The zero-order valence-corrected chi connectivity index (χ0v) is 13.4. The van der Waals surface area contributed by atoms with E-state index in [1.54, 1.807) is 7.11 Å². The van der Waals surface area contributed by atoms with Crippen LogP contribution in [0.4, 0.5) is 0 Å². The number of ether oxygens (including phenoxy) is 3. The predicted octanol–water partition coefficient (Wildman–Crippen LogP) is 3.26. The summed E-state index contributed by atoms with van der Waals surface area (Å²) in [6.45, 7) is 8.55. The summed E-state index contributed by atoms with van der Waals surface area (Å²) >= 11 is 6.27. The average Bonchev–Trinajstić information content (AvgIpc) is 2.42. The van der Waals surface area contributed by atoms with Crippen LogP contribution in [0.15, 0.2) is 12.1 Å². The average molecular weight is 302 g/mol. The number of hydrogen-bond donors (Lipinski definition) is 1. The standard InChI is InChI=1S/C15H24ClNO3/c1-5-19-6-7-20-15-13(16)8-12(9-14(15)18-4)10-17-11(2)3/h8-9,11,17H,5-7,10H2,1-4H3. The lowest BCUT2D eigenvalue weighted by molar-refractivity contribution is 0.109. The lowest BCUT2D eigenvalue weighted by atomic mass is 10.2. The molecule has 0 atom stereocenters. The minimum absolute atomic E-state index is 0.418. The molecule has 0 radical (unpaired) electrons. The minimum atomic E-state index is 0.418. The topological polar surface area (TPSA) is 39.7 Å². The molecule has 5 heteroatoms. The summed E-state index contributed by atoms with van der Waals surface area (Å²) in [6, 6.07) is 4.26. The van der Waals surface area contributed by atoms with Crippen molar-refractivity contribution in [2.75, 3.05) is 26.9 Å². The second kappa shape index (κ2) is 9.06. The molecule has 114 valence electrons. The summed E-state index contributed by atoms with van der Waals surface area (Å²) in [5, 5.41) is 3.90. The van der Waals surface area contributed by atoms with Crippen LogP contribution in [0.25, 0.3) is 0 Å². The molecule has 0 bridgehead atoms. The molecule has 20 heavy (non-hydrogen) atoms. The Morgan fingerprint density at radius 1 is 1.25 bits per heavy atom. The van der Waals surface area contributed by atoms with Crippen LogP contribution < -0.4 is 14.8 Å². The number of rotatable bonds is 9. The van der Waals surface area contributed by atoms with Crippen LogP contribution in [0.5, 0.6) is 11.5 Å². The summed E-state index contributed by atoms with van der Waals surface area (Å²) < 4.78 is 16.2. The molecule has 0 amide bonds. The van der Waals surface area contributed by atoms with Crippen LogP contribution in [-0.4, -0.2) is 33.0 Å². The van der Waals surface area contributed by atoms with E-state index in [0.29, 0.717) is 42.4 Å². The quantitative estimate of drug-likeness (QED) is 0.711. The fourth-order valence-corrected chi connectivity index (χ4v) is 1.97. The van der Waals surface area contributed by atoms with Crippen molar-refractivity contribution in [1.29, 1.82) is 0 Å². The van der Waals surface area contributed by atoms with Crippen LogP contribution in [0.1, 0.15) is 26.3 Å². The van der Waals surface area contributed by atoms with Gasteiger partial charge in [0.25, 0.3) is 0 Å². The van der Waals surface area contributed by atoms with Crippen molar-refractivity contribution in [2.45, 2.75) is 33.4 Å². The van der Waals surface area contributed by atoms with Crippen LogP contribution in [0, 0.1) is 0 Å². The summed E-state index contributed by atoms with van der Waals surface area (Å²) in [6.07, 6.45) is 0. The molecule has 1 rings (SSSR count). The van der Waals surface area contributed by atoms with E-state index < -0.39 is 0 Å². The first-order valence-corrected chi connectivity index (χ1v) is 7.26. The SMILES string of the molecule is CCOCCOc1c(Cl)cc(CNC(C)C)cc1OC. The molecule has 0 saturated carbocycles. The Morgan fingerprint density at radius 3 is 2.60 bits per heavy atom. The smallest absolute Gasteiger partial charge is 0.179 e. The third-order valence-corrected chi connectivity index (χ3v) is 2.96. The number of nitrogens with one attached hydrogen (secondary N) is 1. The fourth-order valence-electron chi connectivity index (χ4n) is 1.68. The molecule has 1 aromatic carbocycles. The number of hydrogen-bond acceptors (Lipinski definition) is 4. The highest BCUT2D eigenvalue weighted by Gasteiger charge is 2.12. The summed E-state index contributed by atoms with van der Waals surface area (Å²) in [4.78, 5) is 0. The minimum Gasteiger partial charge on any atom is -0.493 e. The summed E-state index contributed by atoms with van der Waals surface area (Å²) in [5.74, 6) is 1.22. The monoisotopic (exact) mass is 301 g/mol. The molecule has 0 heterocycles. The second-order valence-corrected chi connectivity index (χ2v) is 5.10. The Balaban J connectivity index is 2.74. The Morgan fingerprint density at radius 2 is 2.00 bits per heavy atom. The van der Waals surface area contributed by atoms with Gasteiger partial charge in [-0.15, -0.1) is 0 Å². The maximum Gasteiger partial charge on any atom is 0.179 e. The van der Waals surface area contributed by atoms with Gasteiger partial charge in [0.1, 0.15) is 6.61 Å². The molecule has 0 aliphatic carbocycles. The molecule has 0 unspecified atom stereocenters. The molecule has 0 aliphatic heterocycles. The van der Waals surface area contributed by atoms with Crippen molar-refractivity contribution in [3.8, 4) is 11.5 Å². The number of halogens is 1. The maximum atomic E-state index is 6.27. The van der Waals surface area contributed by atoms with Gasteiger partial charge in [0, 0.05) is 19.2 Å². The molecule has 0 aromatic heterocycles. The Hall–Kier alpha value is -0.970. The van der Waals surface area contributed by atoms with Crippen LogP contribution in [-0.2, 0) is 11.3 Å². The lowest BCUT2D eigenvalue weighted by Crippen LogP contribution is -2.21. The van der Waals surface area contributed by atoms with Gasteiger partial charge in [0.15, 0.2) is 11.5 Å². The predicted molar refractivity (Wildman–Crippen MR) is 82.0 cm³/mol. The van der Waals surface area contributed by atoms with E-state index in [4.69, 9.17) is 25.8 Å². The maximum absolute atomic E-state index is 6.27. The van der Waals surface area contributed by atoms with Crippen molar-refractivity contribution >= 4 is 11.6 Å². The van der Waals surface area contributed by atoms with E-state index in [9.17, 15) is 0 Å². The van der Waals surface area contributed by atoms with E-state index in [1.807, 2.05) is 19.1 Å². The Bertz CT molecular complexity index is 410. The van der Waals surface area contributed by atoms with Crippen molar-refractivity contribution in [3.63, 3.8) is 0 Å². The van der Waals surface area contributed by atoms with E-state index in [2.05, 4.69) is 19.2 Å². The molecule has 0 saturated heterocycles. The normalized spacial score (nSPS) is 10.9. The van der Waals surface area contributed by atoms with Gasteiger partial charge in [0.05, 0.1) is 18.7 Å². The molecular formula is C15H24ClNO3.